The molecule has 0 aromatic heterocycles. The molecule has 0 saturated heterocycles. The highest BCUT2D eigenvalue weighted by Gasteiger charge is 2.20. The van der Waals surface area contributed by atoms with E-state index in [1.165, 1.54) is 0 Å². The van der Waals surface area contributed by atoms with Crippen molar-refractivity contribution in [3.63, 3.8) is 0 Å². The van der Waals surface area contributed by atoms with Crippen LogP contribution in [0.15, 0.2) is 48.5 Å². The zero-order chi connectivity index (χ0) is 22.1. The molecular weight excluding hydrogens is 380 g/mol. The van der Waals surface area contributed by atoms with E-state index in [1.807, 2.05) is 38.1 Å². The number of hydrogen-bond donors (Lipinski definition) is 2. The van der Waals surface area contributed by atoms with E-state index in [4.69, 9.17) is 21.2 Å². The van der Waals surface area contributed by atoms with Crippen LogP contribution in [0.2, 0.25) is 0 Å². The molecule has 0 aliphatic heterocycles. The molecule has 0 bridgehead atoms. The molecule has 0 heterocycles. The molecule has 164 valence electrons. The van der Waals surface area contributed by atoms with E-state index in [2.05, 4.69) is 13.8 Å². The molecule has 0 fully saturated rings. The molecule has 0 spiro atoms. The van der Waals surface area contributed by atoms with Crippen molar-refractivity contribution in [3.05, 3.63) is 48.5 Å². The standard InChI is InChI=1S/C23H34N4O3/c1-5-11-17(3)26(24)19-13-7-9-15-21(19)29-23(28)30-22-16-10-8-14-20(22)27(25)18(4)12-6-2/h7-10,13-18H,5-6,11-12,24-25H2,1-4H3. The molecule has 7 nitrogen and oxygen atoms in total. The molecule has 4 N–H and O–H groups in total. The normalized spacial score (nSPS) is 12.7. The summed E-state index contributed by atoms with van der Waals surface area (Å²) in [6.07, 6.45) is 3.00. The van der Waals surface area contributed by atoms with Crippen molar-refractivity contribution >= 4 is 17.5 Å². The third-order valence-corrected chi connectivity index (χ3v) is 5.04. The Balaban J connectivity index is 2.16. The maximum Gasteiger partial charge on any atom is 0.519 e. The van der Waals surface area contributed by atoms with Crippen molar-refractivity contribution in [2.45, 2.75) is 65.5 Å². The average Bonchev–Trinajstić information content (AvgIpc) is 2.73. The van der Waals surface area contributed by atoms with Crippen LogP contribution in [0.5, 0.6) is 11.5 Å². The second kappa shape index (κ2) is 11.4. The van der Waals surface area contributed by atoms with E-state index in [1.54, 1.807) is 34.3 Å². The summed E-state index contributed by atoms with van der Waals surface area (Å²) in [6, 6.07) is 14.5. The molecule has 0 radical (unpaired) electrons. The maximum absolute atomic E-state index is 12.6. The second-order valence-electron chi connectivity index (χ2n) is 7.48. The summed E-state index contributed by atoms with van der Waals surface area (Å²) in [5, 5.41) is 3.24. The summed E-state index contributed by atoms with van der Waals surface area (Å²) in [6.45, 7) is 8.26. The van der Waals surface area contributed by atoms with Crippen LogP contribution < -0.4 is 31.2 Å². The molecule has 0 saturated carbocycles. The molecular formula is C23H34N4O3. The first-order chi connectivity index (χ1) is 14.4. The fourth-order valence-corrected chi connectivity index (χ4v) is 3.30. The number of para-hydroxylation sites is 4. The van der Waals surface area contributed by atoms with Gasteiger partial charge in [0.15, 0.2) is 11.5 Å². The van der Waals surface area contributed by atoms with Crippen molar-refractivity contribution in [2.24, 2.45) is 11.7 Å². The number of carbonyl (C=O) groups excluding carboxylic acids is 1. The van der Waals surface area contributed by atoms with Gasteiger partial charge in [-0.15, -0.1) is 0 Å². The highest BCUT2D eigenvalue weighted by Crippen LogP contribution is 2.31. The summed E-state index contributed by atoms with van der Waals surface area (Å²) >= 11 is 0. The number of benzene rings is 2. The van der Waals surface area contributed by atoms with Gasteiger partial charge in [-0.05, 0) is 51.0 Å². The van der Waals surface area contributed by atoms with Crippen molar-refractivity contribution in [2.75, 3.05) is 10.0 Å². The highest BCUT2D eigenvalue weighted by molar-refractivity contribution is 5.73. The topological polar surface area (TPSA) is 94.0 Å². The molecule has 2 unspecified atom stereocenters. The summed E-state index contributed by atoms with van der Waals surface area (Å²) in [5.41, 5.74) is 1.25. The minimum atomic E-state index is -0.844. The molecule has 7 heteroatoms. The van der Waals surface area contributed by atoms with E-state index in [-0.39, 0.29) is 12.1 Å². The lowest BCUT2D eigenvalue weighted by Gasteiger charge is -2.28. The van der Waals surface area contributed by atoms with Crippen molar-refractivity contribution in [3.8, 4) is 11.5 Å². The molecule has 0 aliphatic carbocycles. The molecule has 2 aromatic carbocycles. The summed E-state index contributed by atoms with van der Waals surface area (Å²) in [7, 11) is 0. The summed E-state index contributed by atoms with van der Waals surface area (Å²) < 4.78 is 11.0. The molecule has 2 aromatic rings. The lowest BCUT2D eigenvalue weighted by molar-refractivity contribution is 0.152. The number of rotatable bonds is 10. The van der Waals surface area contributed by atoms with Gasteiger partial charge in [-0.3, -0.25) is 0 Å². The number of carbonyl (C=O) groups is 1. The third kappa shape index (κ3) is 6.11. The van der Waals surface area contributed by atoms with Crippen LogP contribution in [0.25, 0.3) is 0 Å². The number of hydrogen-bond acceptors (Lipinski definition) is 7. The fraction of sp³-hybridized carbons (Fsp3) is 0.435. The average molecular weight is 415 g/mol. The van der Waals surface area contributed by atoms with Gasteiger partial charge in [-0.2, -0.15) is 0 Å². The summed E-state index contributed by atoms with van der Waals surface area (Å²) in [5.74, 6) is 13.2. The van der Waals surface area contributed by atoms with Crippen molar-refractivity contribution < 1.29 is 14.3 Å². The Labute approximate surface area is 179 Å². The van der Waals surface area contributed by atoms with Gasteiger partial charge >= 0.3 is 6.16 Å². The fourth-order valence-electron chi connectivity index (χ4n) is 3.30. The third-order valence-electron chi connectivity index (χ3n) is 5.04. The first-order valence-corrected chi connectivity index (χ1v) is 10.5. The lowest BCUT2D eigenvalue weighted by Crippen LogP contribution is -2.40. The van der Waals surface area contributed by atoms with E-state index in [9.17, 15) is 4.79 Å². The Morgan fingerprint density at radius 1 is 0.800 bits per heavy atom. The predicted octanol–water partition coefficient (Wildman–Crippen LogP) is 5.00. The van der Waals surface area contributed by atoms with Crippen LogP contribution in [-0.4, -0.2) is 18.2 Å². The highest BCUT2D eigenvalue weighted by atomic mass is 16.7. The molecule has 0 aliphatic rings. The predicted molar refractivity (Wildman–Crippen MR) is 122 cm³/mol. The Morgan fingerprint density at radius 3 is 1.53 bits per heavy atom. The van der Waals surface area contributed by atoms with Crippen LogP contribution in [0.3, 0.4) is 0 Å². The molecule has 30 heavy (non-hydrogen) atoms. The van der Waals surface area contributed by atoms with Gasteiger partial charge in [0.25, 0.3) is 0 Å². The Morgan fingerprint density at radius 2 is 1.17 bits per heavy atom. The van der Waals surface area contributed by atoms with E-state index >= 15 is 0 Å². The smallest absolute Gasteiger partial charge is 0.392 e. The lowest BCUT2D eigenvalue weighted by atomic mass is 10.1. The van der Waals surface area contributed by atoms with Crippen LogP contribution in [0.4, 0.5) is 16.2 Å². The number of anilines is 2. The first kappa shape index (κ1) is 23.5. The Hall–Kier alpha value is -2.77. The summed E-state index contributed by atoms with van der Waals surface area (Å²) in [4.78, 5) is 12.6. The Kier molecular flexibility index (Phi) is 8.95. The minimum absolute atomic E-state index is 0.0994. The van der Waals surface area contributed by atoms with Crippen molar-refractivity contribution in [1.82, 2.24) is 0 Å². The second-order valence-corrected chi connectivity index (χ2v) is 7.48. The number of nitrogens with two attached hydrogens (primary N) is 2. The zero-order valence-corrected chi connectivity index (χ0v) is 18.4. The van der Waals surface area contributed by atoms with Gasteiger partial charge in [0.05, 0.1) is 11.4 Å². The van der Waals surface area contributed by atoms with E-state index < -0.39 is 6.16 Å². The van der Waals surface area contributed by atoms with Gasteiger partial charge in [-0.25, -0.2) is 16.5 Å². The van der Waals surface area contributed by atoms with Crippen LogP contribution in [-0.2, 0) is 0 Å². The van der Waals surface area contributed by atoms with Crippen LogP contribution in [0.1, 0.15) is 53.4 Å². The number of nitrogens with zero attached hydrogens (tertiary/aromatic N) is 2. The maximum atomic E-state index is 12.6. The van der Waals surface area contributed by atoms with Gasteiger partial charge < -0.3 is 19.5 Å². The molecule has 2 rings (SSSR count). The number of ether oxygens (including phenoxy) is 2. The Bertz CT molecular complexity index is 749. The molecule has 0 amide bonds. The van der Waals surface area contributed by atoms with Gasteiger partial charge in [-0.1, -0.05) is 51.0 Å². The zero-order valence-electron chi connectivity index (χ0n) is 18.4. The van der Waals surface area contributed by atoms with Crippen molar-refractivity contribution in [1.29, 1.82) is 0 Å². The van der Waals surface area contributed by atoms with Crippen LogP contribution >= 0.6 is 0 Å². The van der Waals surface area contributed by atoms with Gasteiger partial charge in [0.1, 0.15) is 0 Å². The van der Waals surface area contributed by atoms with Gasteiger partial charge in [0, 0.05) is 12.1 Å². The monoisotopic (exact) mass is 414 g/mol. The van der Waals surface area contributed by atoms with E-state index in [0.29, 0.717) is 22.9 Å². The first-order valence-electron chi connectivity index (χ1n) is 10.5. The largest absolute Gasteiger partial charge is 0.519 e. The SMILES string of the molecule is CCCC(C)N(N)c1ccccc1OC(=O)Oc1ccccc1N(N)C(C)CCC. The molecule has 2 atom stereocenters. The van der Waals surface area contributed by atoms with Gasteiger partial charge in [0.2, 0.25) is 0 Å². The van der Waals surface area contributed by atoms with Crippen LogP contribution in [0, 0.1) is 0 Å². The minimum Gasteiger partial charge on any atom is -0.392 e. The quantitative estimate of drug-likeness (QED) is 0.244. The number of hydrazine groups is 2. The van der Waals surface area contributed by atoms with E-state index in [0.717, 1.165) is 25.7 Å².